The number of halogens is 2. The molecule has 2 aliphatic carbocycles. The standard InChI is InChI=1S/C36H40F2N4Se2/c1-3-5-7-9-11-13-19-36(20-14-12-10-8-6-4-2)24-16-18-26-35(42-44-40-26)29(24)30-31(36)33(38)28-23(32(30)37)21-22-15-17-25-34(27(22)28)41-43-39-25/h15-18H,3-14,19-21H2,1-2H3. The van der Waals surface area contributed by atoms with Crippen molar-refractivity contribution in [1.29, 1.82) is 0 Å². The molecule has 0 saturated heterocycles. The van der Waals surface area contributed by atoms with Crippen LogP contribution in [0.3, 0.4) is 0 Å². The first-order valence-corrected chi connectivity index (χ1v) is 19.7. The van der Waals surface area contributed by atoms with Gasteiger partial charge in [0.2, 0.25) is 0 Å². The maximum absolute atomic E-state index is 17.7. The predicted octanol–water partition coefficient (Wildman–Crippen LogP) is 9.30. The van der Waals surface area contributed by atoms with Crippen LogP contribution >= 0.6 is 0 Å². The number of unbranched alkanes of at least 4 members (excludes halogenated alkanes) is 10. The van der Waals surface area contributed by atoms with Gasteiger partial charge in [-0.15, -0.1) is 0 Å². The van der Waals surface area contributed by atoms with Gasteiger partial charge in [-0.25, -0.2) is 0 Å². The normalized spacial score (nSPS) is 14.4. The summed E-state index contributed by atoms with van der Waals surface area (Å²) < 4.78 is 53.7. The summed E-state index contributed by atoms with van der Waals surface area (Å²) in [5.41, 5.74) is 8.19. The van der Waals surface area contributed by atoms with E-state index in [1.54, 1.807) is 0 Å². The average Bonchev–Trinajstić information content (AvgIpc) is 3.82. The molecule has 2 heterocycles. The maximum atomic E-state index is 17.7. The number of fused-ring (bicyclic) bond motifs is 10. The molecule has 0 atom stereocenters. The molecule has 0 radical (unpaired) electrons. The van der Waals surface area contributed by atoms with E-state index in [-0.39, 0.29) is 41.6 Å². The number of rotatable bonds is 14. The van der Waals surface area contributed by atoms with Crippen LogP contribution in [0.2, 0.25) is 0 Å². The topological polar surface area (TPSA) is 51.6 Å². The summed E-state index contributed by atoms with van der Waals surface area (Å²) in [5, 5.41) is 0. The minimum absolute atomic E-state index is 0.236. The summed E-state index contributed by atoms with van der Waals surface area (Å²) in [6.45, 7) is 4.48. The summed E-state index contributed by atoms with van der Waals surface area (Å²) in [7, 11) is 0. The average molecular weight is 725 g/mol. The van der Waals surface area contributed by atoms with E-state index >= 15 is 8.78 Å². The molecule has 0 unspecified atom stereocenters. The first kappa shape index (κ1) is 30.4. The second-order valence-corrected chi connectivity index (χ2v) is 15.1. The Morgan fingerprint density at radius 1 is 0.614 bits per heavy atom. The Bertz CT molecular complexity index is 1810. The van der Waals surface area contributed by atoms with Gasteiger partial charge >= 0.3 is 259 Å². The number of hydrogen-bond acceptors (Lipinski definition) is 4. The van der Waals surface area contributed by atoms with Gasteiger partial charge in [0.1, 0.15) is 0 Å². The van der Waals surface area contributed by atoms with Crippen molar-refractivity contribution in [3.63, 3.8) is 0 Å². The zero-order chi connectivity index (χ0) is 30.3. The molecule has 2 aromatic heterocycles. The zero-order valence-corrected chi connectivity index (χ0v) is 29.2. The molecule has 44 heavy (non-hydrogen) atoms. The Labute approximate surface area is 271 Å². The zero-order valence-electron chi connectivity index (χ0n) is 25.8. The third kappa shape index (κ3) is 4.96. The molecule has 2 aliphatic rings. The molecule has 230 valence electrons. The van der Waals surface area contributed by atoms with Gasteiger partial charge in [0, 0.05) is 0 Å². The van der Waals surface area contributed by atoms with Gasteiger partial charge < -0.3 is 0 Å². The quantitative estimate of drug-likeness (QED) is 0.0831. The number of aromatic nitrogens is 4. The van der Waals surface area contributed by atoms with Crippen LogP contribution in [0, 0.1) is 11.6 Å². The number of nitrogens with zero attached hydrogens (tertiary/aromatic N) is 4. The first-order valence-electron chi connectivity index (χ1n) is 16.7. The monoisotopic (exact) mass is 726 g/mol. The molecule has 0 N–H and O–H groups in total. The summed E-state index contributed by atoms with van der Waals surface area (Å²) in [5.74, 6) is -0.501. The molecule has 5 aromatic rings. The molecule has 0 aliphatic heterocycles. The molecular weight excluding hydrogens is 684 g/mol. The van der Waals surface area contributed by atoms with Gasteiger partial charge in [-0.05, 0) is 0 Å². The van der Waals surface area contributed by atoms with Gasteiger partial charge in [-0.1, -0.05) is 13.8 Å². The summed E-state index contributed by atoms with van der Waals surface area (Å²) in [6.07, 6.45) is 16.0. The SMILES string of the molecule is CCCCCCCCC1(CCCCCCCC)c2ccc3n[se]nc3c2-c2c(F)c3c(c(F)c21)-c1c(ccc2n[se]nc12)C3. The molecule has 8 heteroatoms. The summed E-state index contributed by atoms with van der Waals surface area (Å²) in [6, 6.07) is 8.17. The van der Waals surface area contributed by atoms with Crippen molar-refractivity contribution in [2.24, 2.45) is 0 Å². The van der Waals surface area contributed by atoms with Crippen molar-refractivity contribution in [2.45, 2.75) is 116 Å². The Morgan fingerprint density at radius 3 is 1.82 bits per heavy atom. The van der Waals surface area contributed by atoms with Crippen LogP contribution in [0.25, 0.3) is 44.3 Å². The van der Waals surface area contributed by atoms with Crippen molar-refractivity contribution >= 4 is 52.0 Å². The van der Waals surface area contributed by atoms with Gasteiger partial charge in [0.05, 0.1) is 0 Å². The second kappa shape index (κ2) is 12.9. The van der Waals surface area contributed by atoms with Crippen LogP contribution in [-0.4, -0.2) is 45.8 Å². The van der Waals surface area contributed by atoms with E-state index in [2.05, 4.69) is 33.9 Å². The number of hydrogen-bond donors (Lipinski definition) is 0. The van der Waals surface area contributed by atoms with E-state index in [1.165, 1.54) is 51.4 Å². The molecule has 0 bridgehead atoms. The molecular formula is C36H40F2N4Se2. The van der Waals surface area contributed by atoms with Crippen molar-refractivity contribution in [2.75, 3.05) is 0 Å². The Balaban J connectivity index is 1.41. The van der Waals surface area contributed by atoms with Crippen molar-refractivity contribution in [3.05, 3.63) is 58.2 Å². The van der Waals surface area contributed by atoms with Gasteiger partial charge in [-0.2, -0.15) is 0 Å². The van der Waals surface area contributed by atoms with Crippen LogP contribution < -0.4 is 0 Å². The Kier molecular flexibility index (Phi) is 8.90. The Morgan fingerprint density at radius 2 is 1.18 bits per heavy atom. The minimum atomic E-state index is -0.577. The van der Waals surface area contributed by atoms with Gasteiger partial charge in [0.15, 0.2) is 0 Å². The van der Waals surface area contributed by atoms with Crippen LogP contribution in [0.4, 0.5) is 8.78 Å². The molecule has 0 amide bonds. The van der Waals surface area contributed by atoms with E-state index in [0.29, 0.717) is 28.7 Å². The molecule has 0 saturated carbocycles. The molecule has 3 aromatic carbocycles. The number of benzene rings is 3. The van der Waals surface area contributed by atoms with Crippen molar-refractivity contribution < 1.29 is 8.78 Å². The fourth-order valence-corrected chi connectivity index (χ4v) is 10.3. The van der Waals surface area contributed by atoms with Crippen LogP contribution in [0.1, 0.15) is 126 Å². The second-order valence-electron chi connectivity index (χ2n) is 12.9. The van der Waals surface area contributed by atoms with E-state index in [9.17, 15) is 0 Å². The van der Waals surface area contributed by atoms with Gasteiger partial charge in [-0.3, -0.25) is 0 Å². The van der Waals surface area contributed by atoms with Crippen molar-refractivity contribution in [1.82, 2.24) is 15.9 Å². The predicted molar refractivity (Wildman–Crippen MR) is 177 cm³/mol. The third-order valence-corrected chi connectivity index (χ3v) is 12.5. The molecule has 0 fully saturated rings. The van der Waals surface area contributed by atoms with E-state index in [4.69, 9.17) is 7.96 Å². The third-order valence-electron chi connectivity index (χ3n) is 10.2. The fraction of sp³-hybridized carbons (Fsp3) is 0.500. The molecule has 0 spiro atoms. The Hall–Kier alpha value is -2.24. The summed E-state index contributed by atoms with van der Waals surface area (Å²) >= 11 is -0.495. The van der Waals surface area contributed by atoms with E-state index in [0.717, 1.165) is 82.8 Å². The van der Waals surface area contributed by atoms with Gasteiger partial charge in [0.25, 0.3) is 0 Å². The molecule has 4 nitrogen and oxygen atoms in total. The van der Waals surface area contributed by atoms with E-state index < -0.39 is 5.41 Å². The van der Waals surface area contributed by atoms with Crippen LogP contribution in [-0.2, 0) is 11.8 Å². The molecule has 7 rings (SSSR count). The van der Waals surface area contributed by atoms with Crippen molar-refractivity contribution in [3.8, 4) is 22.3 Å². The van der Waals surface area contributed by atoms with Crippen LogP contribution in [0.5, 0.6) is 0 Å². The fourth-order valence-electron chi connectivity index (χ4n) is 8.05. The summed E-state index contributed by atoms with van der Waals surface area (Å²) in [4.78, 5) is 0. The van der Waals surface area contributed by atoms with E-state index in [1.807, 2.05) is 12.1 Å². The van der Waals surface area contributed by atoms with Crippen LogP contribution in [0.15, 0.2) is 24.3 Å². The first-order chi connectivity index (χ1) is 21.6.